The summed E-state index contributed by atoms with van der Waals surface area (Å²) in [6.45, 7) is 4.43. The Morgan fingerprint density at radius 2 is 2.14 bits per heavy atom. The first kappa shape index (κ1) is 16.0. The fraction of sp³-hybridized carbons (Fsp3) is 0.500. The summed E-state index contributed by atoms with van der Waals surface area (Å²) < 4.78 is 1.72. The number of carbonyl (C=O) groups is 1. The van der Waals surface area contributed by atoms with E-state index in [0.717, 1.165) is 12.2 Å². The Morgan fingerprint density at radius 3 is 2.73 bits per heavy atom. The Labute approximate surface area is 129 Å². The molecule has 22 heavy (non-hydrogen) atoms. The molecule has 8 nitrogen and oxygen atoms in total. The van der Waals surface area contributed by atoms with Crippen LogP contribution < -0.4 is 10.6 Å². The average Bonchev–Trinajstić information content (AvgIpc) is 2.90. The number of carbonyl (C=O) groups excluding carboxylic acids is 1. The van der Waals surface area contributed by atoms with Crippen molar-refractivity contribution < 1.29 is 4.79 Å². The Kier molecular flexibility index (Phi) is 5.54. The molecule has 0 aromatic carbocycles. The van der Waals surface area contributed by atoms with E-state index in [1.807, 2.05) is 7.05 Å². The number of rotatable bonds is 7. The summed E-state index contributed by atoms with van der Waals surface area (Å²) in [6.07, 6.45) is 6.98. The fourth-order valence-electron chi connectivity index (χ4n) is 2.14. The lowest BCUT2D eigenvalue weighted by Gasteiger charge is -2.19. The summed E-state index contributed by atoms with van der Waals surface area (Å²) in [4.78, 5) is 24.2. The summed E-state index contributed by atoms with van der Waals surface area (Å²) in [5.74, 6) is 1.56. The van der Waals surface area contributed by atoms with Crippen LogP contribution in [0.15, 0.2) is 24.9 Å². The normalized spacial score (nSPS) is 12.4. The number of nitrogens with zero attached hydrogens (tertiary/aromatic N) is 5. The van der Waals surface area contributed by atoms with Crippen molar-refractivity contribution in [1.29, 1.82) is 0 Å². The lowest BCUT2D eigenvalue weighted by atomic mass is 10.0. The van der Waals surface area contributed by atoms with Gasteiger partial charge in [-0.3, -0.25) is 19.8 Å². The van der Waals surface area contributed by atoms with E-state index < -0.39 is 0 Å². The van der Waals surface area contributed by atoms with Gasteiger partial charge in [-0.2, -0.15) is 5.10 Å². The number of amides is 1. The molecule has 1 atom stereocenters. The molecule has 2 heterocycles. The fourth-order valence-corrected chi connectivity index (χ4v) is 2.14. The first-order valence-electron chi connectivity index (χ1n) is 7.19. The minimum Gasteiger partial charge on any atom is -0.308 e. The summed E-state index contributed by atoms with van der Waals surface area (Å²) in [5, 5.41) is 10.0. The van der Waals surface area contributed by atoms with Crippen molar-refractivity contribution in [2.24, 2.45) is 13.0 Å². The van der Waals surface area contributed by atoms with Gasteiger partial charge in [-0.05, 0) is 12.3 Å². The van der Waals surface area contributed by atoms with Gasteiger partial charge in [0.25, 0.3) is 0 Å². The summed E-state index contributed by atoms with van der Waals surface area (Å²) in [7, 11) is 1.84. The summed E-state index contributed by atoms with van der Waals surface area (Å²) >= 11 is 0. The highest BCUT2D eigenvalue weighted by atomic mass is 16.2. The van der Waals surface area contributed by atoms with Crippen LogP contribution in [-0.2, 0) is 11.8 Å². The molecule has 2 N–H and O–H groups in total. The molecule has 2 aromatic rings. The molecule has 0 fully saturated rings. The second kappa shape index (κ2) is 7.60. The maximum Gasteiger partial charge on any atom is 0.239 e. The number of aryl methyl sites for hydroxylation is 1. The van der Waals surface area contributed by atoms with Gasteiger partial charge in [-0.25, -0.2) is 9.97 Å². The maximum atomic E-state index is 12.0. The van der Waals surface area contributed by atoms with E-state index in [9.17, 15) is 4.79 Å². The van der Waals surface area contributed by atoms with Gasteiger partial charge in [0.15, 0.2) is 5.82 Å². The third-order valence-electron chi connectivity index (χ3n) is 3.10. The van der Waals surface area contributed by atoms with Crippen molar-refractivity contribution in [3.05, 3.63) is 30.7 Å². The third-order valence-corrected chi connectivity index (χ3v) is 3.10. The minimum atomic E-state index is -0.170. The van der Waals surface area contributed by atoms with Crippen molar-refractivity contribution >= 4 is 11.7 Å². The van der Waals surface area contributed by atoms with Crippen molar-refractivity contribution in [2.75, 3.05) is 11.9 Å². The van der Waals surface area contributed by atoms with Crippen LogP contribution in [0, 0.1) is 5.92 Å². The largest absolute Gasteiger partial charge is 0.308 e. The summed E-state index contributed by atoms with van der Waals surface area (Å²) in [5.41, 5.74) is 0. The van der Waals surface area contributed by atoms with Gasteiger partial charge in [0.1, 0.15) is 12.2 Å². The van der Waals surface area contributed by atoms with Crippen LogP contribution in [0.25, 0.3) is 0 Å². The molecule has 0 saturated heterocycles. The zero-order valence-electron chi connectivity index (χ0n) is 13.0. The number of hydrogen-bond acceptors (Lipinski definition) is 6. The van der Waals surface area contributed by atoms with Gasteiger partial charge in [0, 0.05) is 19.4 Å². The van der Waals surface area contributed by atoms with Crippen LogP contribution in [-0.4, -0.2) is 37.2 Å². The molecule has 0 aliphatic heterocycles. The topological polar surface area (TPSA) is 97.6 Å². The van der Waals surface area contributed by atoms with Crippen LogP contribution in [0.5, 0.6) is 0 Å². The molecule has 0 spiro atoms. The van der Waals surface area contributed by atoms with Gasteiger partial charge >= 0.3 is 0 Å². The minimum absolute atomic E-state index is 0.0277. The Hall–Kier alpha value is -2.35. The van der Waals surface area contributed by atoms with Crippen LogP contribution >= 0.6 is 0 Å². The summed E-state index contributed by atoms with van der Waals surface area (Å²) in [6, 6.07) is -0.0277. The van der Waals surface area contributed by atoms with Crippen molar-refractivity contribution in [3.63, 3.8) is 0 Å². The lowest BCUT2D eigenvalue weighted by molar-refractivity contribution is -0.115. The highest BCUT2D eigenvalue weighted by Gasteiger charge is 2.18. The average molecular weight is 303 g/mol. The van der Waals surface area contributed by atoms with E-state index in [2.05, 4.69) is 44.5 Å². The molecule has 1 amide bonds. The van der Waals surface area contributed by atoms with Gasteiger partial charge < -0.3 is 5.32 Å². The SMILES string of the molecule is CC(C)CC(NCC(=O)Nc1cnccn1)c1ncnn1C. The lowest BCUT2D eigenvalue weighted by Crippen LogP contribution is -2.33. The van der Waals surface area contributed by atoms with Crippen molar-refractivity contribution in [2.45, 2.75) is 26.3 Å². The van der Waals surface area contributed by atoms with Crippen molar-refractivity contribution in [1.82, 2.24) is 30.0 Å². The van der Waals surface area contributed by atoms with E-state index in [4.69, 9.17) is 0 Å². The standard InChI is InChI=1S/C14H21N7O/c1-10(2)6-11(14-18-9-19-21(14)3)17-8-13(22)20-12-7-15-4-5-16-12/h4-5,7,9-11,17H,6,8H2,1-3H3,(H,16,20,22). The number of anilines is 1. The predicted molar refractivity (Wildman–Crippen MR) is 81.9 cm³/mol. The highest BCUT2D eigenvalue weighted by molar-refractivity contribution is 5.91. The van der Waals surface area contributed by atoms with Crippen LogP contribution in [0.4, 0.5) is 5.82 Å². The van der Waals surface area contributed by atoms with Crippen molar-refractivity contribution in [3.8, 4) is 0 Å². The van der Waals surface area contributed by atoms with Crippen LogP contribution in [0.2, 0.25) is 0 Å². The third kappa shape index (κ3) is 4.59. The van der Waals surface area contributed by atoms with Crippen LogP contribution in [0.3, 0.4) is 0 Å². The maximum absolute atomic E-state index is 12.0. The first-order chi connectivity index (χ1) is 10.6. The second-order valence-electron chi connectivity index (χ2n) is 5.44. The second-order valence-corrected chi connectivity index (χ2v) is 5.44. The zero-order chi connectivity index (χ0) is 15.9. The number of nitrogens with one attached hydrogen (secondary N) is 2. The molecule has 2 aromatic heterocycles. The molecule has 0 aliphatic carbocycles. The number of aromatic nitrogens is 5. The van der Waals surface area contributed by atoms with E-state index >= 15 is 0 Å². The smallest absolute Gasteiger partial charge is 0.239 e. The molecule has 0 radical (unpaired) electrons. The molecule has 0 aliphatic rings. The highest BCUT2D eigenvalue weighted by Crippen LogP contribution is 2.18. The molecule has 2 rings (SSSR count). The quantitative estimate of drug-likeness (QED) is 0.789. The van der Waals surface area contributed by atoms with Gasteiger partial charge in [-0.1, -0.05) is 13.8 Å². The molecular formula is C14H21N7O. The monoisotopic (exact) mass is 303 g/mol. The molecule has 0 saturated carbocycles. The van der Waals surface area contributed by atoms with Gasteiger partial charge in [0.2, 0.25) is 5.91 Å². The Bertz CT molecular complexity index is 596. The zero-order valence-corrected chi connectivity index (χ0v) is 13.0. The Balaban J connectivity index is 1.93. The number of hydrogen-bond donors (Lipinski definition) is 2. The Morgan fingerprint density at radius 1 is 1.32 bits per heavy atom. The van der Waals surface area contributed by atoms with Gasteiger partial charge in [0.05, 0.1) is 18.8 Å². The van der Waals surface area contributed by atoms with E-state index in [1.165, 1.54) is 18.7 Å². The van der Waals surface area contributed by atoms with Crippen LogP contribution in [0.1, 0.15) is 32.1 Å². The molecule has 0 bridgehead atoms. The van der Waals surface area contributed by atoms with Gasteiger partial charge in [-0.15, -0.1) is 0 Å². The predicted octanol–water partition coefficient (Wildman–Crippen LogP) is 0.921. The molecular weight excluding hydrogens is 282 g/mol. The van der Waals surface area contributed by atoms with E-state index in [0.29, 0.717) is 11.7 Å². The molecule has 1 unspecified atom stereocenters. The molecule has 8 heteroatoms. The van der Waals surface area contributed by atoms with E-state index in [-0.39, 0.29) is 18.5 Å². The first-order valence-corrected chi connectivity index (χ1v) is 7.19. The molecule has 118 valence electrons. The van der Waals surface area contributed by atoms with E-state index in [1.54, 1.807) is 10.9 Å².